The Hall–Kier alpha value is -1.87. The largest absolute Gasteiger partial charge is 0.274 e. The second kappa shape index (κ2) is 5.63. The van der Waals surface area contributed by atoms with Crippen molar-refractivity contribution in [3.8, 4) is 0 Å². The van der Waals surface area contributed by atoms with Crippen molar-refractivity contribution < 1.29 is 9.59 Å². The van der Waals surface area contributed by atoms with Crippen molar-refractivity contribution >= 4 is 29.1 Å². The minimum atomic E-state index is -0.212. The van der Waals surface area contributed by atoms with Gasteiger partial charge in [-0.05, 0) is 74.0 Å². The number of nitrogens with zero attached hydrogens (tertiary/aromatic N) is 1. The Morgan fingerprint density at radius 3 is 1.93 bits per heavy atom. The smallest absolute Gasteiger partial charge is 0.238 e. The Morgan fingerprint density at radius 1 is 0.793 bits per heavy atom. The zero-order valence-electron chi connectivity index (χ0n) is 16.3. The van der Waals surface area contributed by atoms with Crippen molar-refractivity contribution in [2.24, 2.45) is 47.3 Å². The van der Waals surface area contributed by atoms with Gasteiger partial charge in [0.2, 0.25) is 11.8 Å². The van der Waals surface area contributed by atoms with Crippen LogP contribution in [0, 0.1) is 47.3 Å². The molecule has 1 aliphatic heterocycles. The third-order valence-corrected chi connectivity index (χ3v) is 9.07. The first-order valence-electron chi connectivity index (χ1n) is 11.2. The van der Waals surface area contributed by atoms with Gasteiger partial charge in [0.15, 0.2) is 0 Å². The maximum atomic E-state index is 13.4. The predicted molar refractivity (Wildman–Crippen MR) is 111 cm³/mol. The lowest BCUT2D eigenvalue weighted by Gasteiger charge is -2.52. The molecule has 6 bridgehead atoms. The highest BCUT2D eigenvalue weighted by atomic mass is 35.5. The van der Waals surface area contributed by atoms with E-state index in [1.807, 2.05) is 6.07 Å². The average Bonchev–Trinajstić information content (AvgIpc) is 3.31. The van der Waals surface area contributed by atoms with Gasteiger partial charge in [0.25, 0.3) is 0 Å². The van der Waals surface area contributed by atoms with Gasteiger partial charge in [-0.3, -0.25) is 9.59 Å². The molecule has 6 aliphatic carbocycles. The summed E-state index contributed by atoms with van der Waals surface area (Å²) in [4.78, 5) is 28.3. The SMILES string of the molecule is O=C1[C@@H]2[C@H](C(=O)N1c1cccc(Cl)c1)[C@H]1C=C[C@@H]2C1=C1C2CC3CC(C2)CC1C3. The van der Waals surface area contributed by atoms with Crippen molar-refractivity contribution in [1.29, 1.82) is 0 Å². The Kier molecular flexibility index (Phi) is 3.28. The van der Waals surface area contributed by atoms with Gasteiger partial charge in [-0.15, -0.1) is 0 Å². The van der Waals surface area contributed by atoms with Crippen molar-refractivity contribution in [1.82, 2.24) is 0 Å². The molecule has 29 heavy (non-hydrogen) atoms. The average molecular weight is 406 g/mol. The molecule has 1 heterocycles. The van der Waals surface area contributed by atoms with Gasteiger partial charge < -0.3 is 0 Å². The molecule has 0 spiro atoms. The number of anilines is 1. The fourth-order valence-corrected chi connectivity index (χ4v) is 8.37. The second-order valence-corrected chi connectivity index (χ2v) is 10.6. The Labute approximate surface area is 175 Å². The number of allylic oxidation sites excluding steroid dienone is 4. The van der Waals surface area contributed by atoms with Crippen LogP contribution in [0.4, 0.5) is 5.69 Å². The lowest BCUT2D eigenvalue weighted by atomic mass is 9.53. The summed E-state index contributed by atoms with van der Waals surface area (Å²) in [6, 6.07) is 7.12. The summed E-state index contributed by atoms with van der Waals surface area (Å²) in [5, 5.41) is 0.553. The van der Waals surface area contributed by atoms with Crippen molar-refractivity contribution in [2.75, 3.05) is 4.90 Å². The number of amides is 2. The quantitative estimate of drug-likeness (QED) is 0.486. The maximum Gasteiger partial charge on any atom is 0.238 e. The number of rotatable bonds is 1. The van der Waals surface area contributed by atoms with Crippen molar-refractivity contribution in [3.05, 3.63) is 52.6 Å². The molecule has 4 heteroatoms. The highest BCUT2D eigenvalue weighted by molar-refractivity contribution is 6.31. The first kappa shape index (κ1) is 16.9. The molecular formula is C25H24ClNO2. The maximum absolute atomic E-state index is 13.4. The summed E-state index contributed by atoms with van der Waals surface area (Å²) in [6.07, 6.45) is 11.3. The molecule has 0 radical (unpaired) electrons. The van der Waals surface area contributed by atoms with Gasteiger partial charge in [0.1, 0.15) is 0 Å². The summed E-state index contributed by atoms with van der Waals surface area (Å²) >= 11 is 6.13. The summed E-state index contributed by atoms with van der Waals surface area (Å²) in [7, 11) is 0. The third kappa shape index (κ3) is 2.10. The fourth-order valence-electron chi connectivity index (χ4n) is 8.18. The summed E-state index contributed by atoms with van der Waals surface area (Å²) in [5.74, 6) is 3.09. The van der Waals surface area contributed by atoms with E-state index < -0.39 is 0 Å². The molecule has 7 aliphatic rings. The zero-order valence-corrected chi connectivity index (χ0v) is 17.0. The van der Waals surface area contributed by atoms with E-state index in [2.05, 4.69) is 12.2 Å². The van der Waals surface area contributed by atoms with Gasteiger partial charge in [-0.25, -0.2) is 4.90 Å². The van der Waals surface area contributed by atoms with E-state index in [0.29, 0.717) is 10.7 Å². The fraction of sp³-hybridized carbons (Fsp3) is 0.520. The van der Waals surface area contributed by atoms with Gasteiger partial charge >= 0.3 is 0 Å². The highest BCUT2D eigenvalue weighted by Gasteiger charge is 2.63. The molecule has 3 nitrogen and oxygen atoms in total. The van der Waals surface area contributed by atoms with Crippen molar-refractivity contribution in [2.45, 2.75) is 32.1 Å². The molecule has 8 rings (SSSR count). The lowest BCUT2D eigenvalue weighted by molar-refractivity contribution is -0.122. The van der Waals surface area contributed by atoms with Gasteiger partial charge in [0, 0.05) is 16.9 Å². The van der Waals surface area contributed by atoms with Gasteiger partial charge in [0.05, 0.1) is 17.5 Å². The zero-order chi connectivity index (χ0) is 19.4. The number of imide groups is 1. The standard InChI is InChI=1S/C25H24ClNO2/c26-16-2-1-3-17(11-16)27-24(28)22-18-4-5-19(23(22)25(27)29)21(18)20-14-7-12-6-13(9-14)10-15(20)8-12/h1-5,11-15,18-19,22-23H,6-10H2/t12?,13?,14?,15?,18-,19+,22+,23-. The molecule has 0 aromatic heterocycles. The molecule has 5 saturated carbocycles. The number of carbonyl (C=O) groups excluding carboxylic acids is 2. The summed E-state index contributed by atoms with van der Waals surface area (Å²) < 4.78 is 0. The Balaban J connectivity index is 1.29. The first-order chi connectivity index (χ1) is 14.1. The van der Waals surface area contributed by atoms with E-state index in [9.17, 15) is 9.59 Å². The minimum absolute atomic E-state index is 0.0268. The second-order valence-electron chi connectivity index (χ2n) is 10.2. The predicted octanol–water partition coefficient (Wildman–Crippen LogP) is 5.01. The van der Waals surface area contributed by atoms with E-state index in [4.69, 9.17) is 11.6 Å². The minimum Gasteiger partial charge on any atom is -0.274 e. The molecule has 1 aromatic carbocycles. The number of hydrogen-bond acceptors (Lipinski definition) is 2. The van der Waals surface area contributed by atoms with Crippen LogP contribution < -0.4 is 4.90 Å². The molecule has 4 atom stereocenters. The van der Waals surface area contributed by atoms with Crippen LogP contribution in [0.2, 0.25) is 5.02 Å². The van der Waals surface area contributed by atoms with Crippen LogP contribution in [0.3, 0.4) is 0 Å². The van der Waals surface area contributed by atoms with Crippen LogP contribution in [-0.4, -0.2) is 11.8 Å². The van der Waals surface area contributed by atoms with Crippen molar-refractivity contribution in [3.63, 3.8) is 0 Å². The first-order valence-corrected chi connectivity index (χ1v) is 11.5. The van der Waals surface area contributed by atoms with Crippen LogP contribution in [0.25, 0.3) is 0 Å². The highest BCUT2D eigenvalue weighted by Crippen LogP contribution is 2.63. The molecule has 148 valence electrons. The Bertz CT molecular complexity index is 959. The van der Waals surface area contributed by atoms with Crippen LogP contribution in [-0.2, 0) is 9.59 Å². The van der Waals surface area contributed by atoms with Crippen LogP contribution >= 0.6 is 11.6 Å². The normalized spacial score (nSPS) is 43.8. The van der Waals surface area contributed by atoms with Crippen LogP contribution in [0.1, 0.15) is 32.1 Å². The topological polar surface area (TPSA) is 37.4 Å². The molecule has 0 unspecified atom stereocenters. The van der Waals surface area contributed by atoms with E-state index in [1.165, 1.54) is 42.6 Å². The number of halogens is 1. The van der Waals surface area contributed by atoms with Gasteiger partial charge in [-0.1, -0.05) is 41.0 Å². The molecule has 1 saturated heterocycles. The number of hydrogen-bond donors (Lipinski definition) is 0. The molecule has 6 fully saturated rings. The number of fused-ring (bicyclic) bond motifs is 5. The van der Waals surface area contributed by atoms with E-state index in [1.54, 1.807) is 23.8 Å². The van der Waals surface area contributed by atoms with E-state index in [0.717, 1.165) is 23.7 Å². The molecule has 1 aromatic rings. The van der Waals surface area contributed by atoms with Gasteiger partial charge in [-0.2, -0.15) is 0 Å². The molecule has 2 amide bonds. The monoisotopic (exact) mass is 405 g/mol. The third-order valence-electron chi connectivity index (χ3n) is 8.83. The molecule has 0 N–H and O–H groups in total. The van der Waals surface area contributed by atoms with Crippen LogP contribution in [0.5, 0.6) is 0 Å². The molecular weight excluding hydrogens is 382 g/mol. The lowest BCUT2D eigenvalue weighted by Crippen LogP contribution is -2.41. The van der Waals surface area contributed by atoms with E-state index >= 15 is 0 Å². The van der Waals surface area contributed by atoms with E-state index in [-0.39, 0.29) is 35.5 Å². The summed E-state index contributed by atoms with van der Waals surface area (Å²) in [6.45, 7) is 0. The number of carbonyl (C=O) groups is 2. The Morgan fingerprint density at radius 2 is 1.38 bits per heavy atom. The number of benzene rings is 1. The van der Waals surface area contributed by atoms with Crippen LogP contribution in [0.15, 0.2) is 47.6 Å². The summed E-state index contributed by atoms with van der Waals surface area (Å²) in [5.41, 5.74) is 3.79.